The molecular formula is C32H20N6Na2O9S2. The number of benzene rings is 4. The van der Waals surface area contributed by atoms with Gasteiger partial charge < -0.3 is 14.4 Å². The van der Waals surface area contributed by atoms with Gasteiger partial charge in [-0.2, -0.15) is 5.10 Å². The van der Waals surface area contributed by atoms with Gasteiger partial charge in [-0.3, -0.25) is 20.3 Å². The second-order valence-corrected chi connectivity index (χ2v) is 13.1. The van der Waals surface area contributed by atoms with Crippen molar-refractivity contribution in [2.75, 3.05) is 10.7 Å². The van der Waals surface area contributed by atoms with Gasteiger partial charge in [-0.1, -0.05) is 24.3 Å². The minimum absolute atomic E-state index is 0. The molecule has 0 aromatic heterocycles. The van der Waals surface area contributed by atoms with E-state index in [0.29, 0.717) is 40.0 Å². The van der Waals surface area contributed by atoms with Crippen LogP contribution in [0.25, 0.3) is 0 Å². The van der Waals surface area contributed by atoms with E-state index in [-0.39, 0.29) is 87.4 Å². The van der Waals surface area contributed by atoms with Crippen LogP contribution in [0.3, 0.4) is 0 Å². The summed E-state index contributed by atoms with van der Waals surface area (Å²) in [4.78, 5) is 21.3. The molecule has 0 unspecified atom stereocenters. The van der Waals surface area contributed by atoms with Gasteiger partial charge in [-0.25, -0.2) is 16.8 Å². The van der Waals surface area contributed by atoms with Crippen LogP contribution in [0.5, 0.6) is 0 Å². The predicted molar refractivity (Wildman–Crippen MR) is 177 cm³/mol. The molecule has 6 rings (SSSR count). The van der Waals surface area contributed by atoms with E-state index in [9.17, 15) is 40.8 Å². The van der Waals surface area contributed by atoms with E-state index in [0.717, 1.165) is 24.3 Å². The maximum Gasteiger partial charge on any atom is 1.00 e. The third-order valence-corrected chi connectivity index (χ3v) is 8.98. The van der Waals surface area contributed by atoms with Gasteiger partial charge in [-0.05, 0) is 72.8 Å². The summed E-state index contributed by atoms with van der Waals surface area (Å²) in [5.41, 5.74) is 6.13. The number of nitro groups is 1. The molecule has 0 bridgehead atoms. The maximum absolute atomic E-state index is 12.3. The average molecular weight is 743 g/mol. The van der Waals surface area contributed by atoms with Crippen LogP contribution in [0, 0.1) is 10.1 Å². The Morgan fingerprint density at radius 1 is 0.627 bits per heavy atom. The van der Waals surface area contributed by atoms with Crippen molar-refractivity contribution >= 4 is 65.9 Å². The van der Waals surface area contributed by atoms with Gasteiger partial charge in [-0.15, -0.1) is 10.2 Å². The number of carbonyl (C=O) groups excluding carboxylic acids is 1. The Balaban J connectivity index is 0.00000292. The number of nitro benzene ring substituents is 1. The van der Waals surface area contributed by atoms with E-state index < -0.39 is 40.6 Å². The van der Waals surface area contributed by atoms with Crippen molar-refractivity contribution in [1.82, 2.24) is 0 Å². The molecule has 0 saturated heterocycles. The zero-order valence-electron chi connectivity index (χ0n) is 26.7. The molecule has 51 heavy (non-hydrogen) atoms. The first kappa shape index (κ1) is 39.6. The molecule has 0 amide bonds. The first-order valence-electron chi connectivity index (χ1n) is 14.0. The van der Waals surface area contributed by atoms with Gasteiger partial charge in [0, 0.05) is 40.1 Å². The zero-order valence-corrected chi connectivity index (χ0v) is 32.3. The Bertz CT molecular complexity index is 2450. The normalized spacial score (nSPS) is 15.8. The summed E-state index contributed by atoms with van der Waals surface area (Å²) in [6, 6.07) is 20.0. The molecular weight excluding hydrogens is 722 g/mol. The van der Waals surface area contributed by atoms with Gasteiger partial charge in [0.05, 0.1) is 43.2 Å². The van der Waals surface area contributed by atoms with Crippen LogP contribution in [0.1, 0.15) is 27.0 Å². The molecule has 0 radical (unpaired) electrons. The largest absolute Gasteiger partial charge is 1.00 e. The van der Waals surface area contributed by atoms with Gasteiger partial charge in [0.2, 0.25) is 0 Å². The van der Waals surface area contributed by atoms with Crippen molar-refractivity contribution < 1.29 is 94.8 Å². The maximum atomic E-state index is 12.3. The van der Waals surface area contributed by atoms with Gasteiger partial charge >= 0.3 is 59.1 Å². The van der Waals surface area contributed by atoms with E-state index in [1.54, 1.807) is 48.6 Å². The molecule has 4 aromatic rings. The van der Waals surface area contributed by atoms with Crippen molar-refractivity contribution in [1.29, 1.82) is 0 Å². The Labute approximate surface area is 335 Å². The number of carbonyl (C=O) groups is 1. The number of ketones is 1. The number of nitrogens with one attached hydrogen (secondary N) is 2. The number of hydrogen-bond acceptors (Lipinski definition) is 14. The van der Waals surface area contributed by atoms with Crippen LogP contribution >= 0.6 is 0 Å². The Morgan fingerprint density at radius 3 is 1.84 bits per heavy atom. The number of rotatable bonds is 8. The Hall–Kier alpha value is -4.14. The number of hydrogen-bond donors (Lipinski definition) is 2. The Morgan fingerprint density at radius 2 is 1.22 bits per heavy atom. The van der Waals surface area contributed by atoms with E-state index in [4.69, 9.17) is 0 Å². The molecule has 15 nitrogen and oxygen atoms in total. The predicted octanol–water partition coefficient (Wildman–Crippen LogP) is -1.51. The second kappa shape index (κ2) is 16.0. The van der Waals surface area contributed by atoms with Crippen LogP contribution in [-0.2, 0) is 20.2 Å². The van der Waals surface area contributed by atoms with Gasteiger partial charge in [0.1, 0.15) is 20.2 Å². The quantitative estimate of drug-likeness (QED) is 0.0911. The number of hydrazone groups is 1. The van der Waals surface area contributed by atoms with Crippen molar-refractivity contribution in [2.45, 2.75) is 9.79 Å². The molecule has 19 heteroatoms. The number of fused-ring (bicyclic) bond motifs is 2. The summed E-state index contributed by atoms with van der Waals surface area (Å²) in [6.45, 7) is 0. The summed E-state index contributed by atoms with van der Waals surface area (Å²) in [6.07, 6.45) is 6.03. The molecule has 2 aliphatic carbocycles. The fourth-order valence-corrected chi connectivity index (χ4v) is 6.08. The molecule has 0 spiro atoms. The molecule has 0 heterocycles. The standard InChI is InChI=1S/C32H22N6O9S2.2Na/c39-31-16-15-29(26-18-22(48(42,43)44)10-11-25(26)31)37-36-28-14-13-27(23-3-1-2-4-24(23)28)35-34-20-7-5-19(6-8-20)33-30-12-9-21(38(40)41)17-32(30)49(45,46)47;;/h1-18,33-34H,(H,42,43,44)(H,45,46,47);;/q;2*+1/p-2. The van der Waals surface area contributed by atoms with Crippen LogP contribution in [-0.4, -0.2) is 53.8 Å². The van der Waals surface area contributed by atoms with Crippen molar-refractivity contribution in [3.05, 3.63) is 142 Å². The third kappa shape index (κ3) is 9.03. The molecule has 0 fully saturated rings. The van der Waals surface area contributed by atoms with E-state index in [2.05, 4.69) is 26.0 Å². The van der Waals surface area contributed by atoms with Crippen LogP contribution < -0.4 is 69.9 Å². The summed E-state index contributed by atoms with van der Waals surface area (Å²) < 4.78 is 69.9. The first-order valence-corrected chi connectivity index (χ1v) is 16.8. The van der Waals surface area contributed by atoms with Gasteiger partial charge in [0.15, 0.2) is 5.78 Å². The molecule has 246 valence electrons. The average Bonchev–Trinajstić information content (AvgIpc) is 3.07. The van der Waals surface area contributed by atoms with Crippen LogP contribution in [0.2, 0.25) is 0 Å². The van der Waals surface area contributed by atoms with Crippen molar-refractivity contribution in [2.24, 2.45) is 15.3 Å². The fourth-order valence-electron chi connectivity index (χ4n) is 4.93. The van der Waals surface area contributed by atoms with E-state index in [1.165, 1.54) is 18.2 Å². The molecule has 0 atom stereocenters. The molecule has 4 aromatic carbocycles. The summed E-state index contributed by atoms with van der Waals surface area (Å²) in [7, 11) is -9.78. The molecule has 0 aliphatic heterocycles. The number of nitrogens with zero attached hydrogens (tertiary/aromatic N) is 4. The fraction of sp³-hybridized carbons (Fsp3) is 0. The van der Waals surface area contributed by atoms with E-state index >= 15 is 0 Å². The Kier molecular flexibility index (Phi) is 12.5. The summed E-state index contributed by atoms with van der Waals surface area (Å²) in [5, 5.41) is 26.9. The molecule has 0 saturated carbocycles. The number of non-ortho nitro benzene ring substituents is 1. The van der Waals surface area contributed by atoms with Crippen molar-refractivity contribution in [3.8, 4) is 0 Å². The van der Waals surface area contributed by atoms with Crippen molar-refractivity contribution in [3.63, 3.8) is 0 Å². The minimum Gasteiger partial charge on any atom is -0.744 e. The zero-order chi connectivity index (χ0) is 34.9. The van der Waals surface area contributed by atoms with E-state index in [1.807, 2.05) is 12.1 Å². The monoisotopic (exact) mass is 742 g/mol. The van der Waals surface area contributed by atoms with Crippen LogP contribution in [0.15, 0.2) is 134 Å². The SMILES string of the molecule is O=C1C=CC(=NN=C2C=CC(=NNc3ccc(Nc4ccc([N+](=O)[O-])cc4S(=O)(=O)[O-])cc3)c3ccccc32)c2cc(S(=O)(=O)[O-])ccc21.[Na+].[Na+]. The third-order valence-electron chi connectivity index (χ3n) is 7.27. The smallest absolute Gasteiger partial charge is 0.744 e. The number of anilines is 3. The van der Waals surface area contributed by atoms with Gasteiger partial charge in [0.25, 0.3) is 5.69 Å². The molecule has 2 N–H and O–H groups in total. The second-order valence-electron chi connectivity index (χ2n) is 10.4. The summed E-state index contributed by atoms with van der Waals surface area (Å²) >= 11 is 0. The molecule has 2 aliphatic rings. The first-order chi connectivity index (χ1) is 23.3. The number of allylic oxidation sites excluding steroid dienone is 4. The van der Waals surface area contributed by atoms with Crippen LogP contribution in [0.4, 0.5) is 22.7 Å². The summed E-state index contributed by atoms with van der Waals surface area (Å²) in [5.74, 6) is -0.369. The minimum atomic E-state index is -5.01. The topological polar surface area (TPSA) is 236 Å².